The van der Waals surface area contributed by atoms with Crippen LogP contribution in [0.3, 0.4) is 0 Å². The lowest BCUT2D eigenvalue weighted by Gasteiger charge is -2.35. The van der Waals surface area contributed by atoms with E-state index >= 15 is 0 Å². The maximum absolute atomic E-state index is 11.7. The van der Waals surface area contributed by atoms with E-state index in [1.54, 1.807) is 13.8 Å². The Morgan fingerprint density at radius 3 is 1.72 bits per heavy atom. The lowest BCUT2D eigenvalue weighted by molar-refractivity contribution is -0.151. The molecule has 0 aromatic carbocycles. The van der Waals surface area contributed by atoms with Gasteiger partial charge in [0.2, 0.25) is 0 Å². The van der Waals surface area contributed by atoms with E-state index in [2.05, 4.69) is 0 Å². The van der Waals surface area contributed by atoms with Crippen LogP contribution in [0, 0.1) is 5.41 Å². The molecule has 0 spiro atoms. The van der Waals surface area contributed by atoms with E-state index in [-0.39, 0.29) is 17.4 Å². The molecule has 4 nitrogen and oxygen atoms in total. The first kappa shape index (κ1) is 15.0. The van der Waals surface area contributed by atoms with Crippen LogP contribution in [0.15, 0.2) is 0 Å². The zero-order chi connectivity index (χ0) is 13.4. The number of hydrogen-bond donors (Lipinski definition) is 0. The van der Waals surface area contributed by atoms with Crippen LogP contribution in [0.5, 0.6) is 0 Å². The maximum atomic E-state index is 11.7. The Hall–Kier alpha value is -1.06. The van der Waals surface area contributed by atoms with Gasteiger partial charge in [0.05, 0.1) is 26.1 Å². The highest BCUT2D eigenvalue weighted by Gasteiger charge is 2.37. The number of carbonyl (C=O) groups is 2. The summed E-state index contributed by atoms with van der Waals surface area (Å²) in [7, 11) is 0. The molecule has 18 heavy (non-hydrogen) atoms. The molecular weight excluding hydrogens is 232 g/mol. The van der Waals surface area contributed by atoms with Crippen LogP contribution in [-0.4, -0.2) is 25.2 Å². The first-order valence-electron chi connectivity index (χ1n) is 6.93. The second-order valence-electron chi connectivity index (χ2n) is 5.02. The second kappa shape index (κ2) is 7.39. The van der Waals surface area contributed by atoms with Gasteiger partial charge in [0.15, 0.2) is 0 Å². The van der Waals surface area contributed by atoms with Gasteiger partial charge in [-0.05, 0) is 32.1 Å². The highest BCUT2D eigenvalue weighted by molar-refractivity contribution is 5.74. The molecule has 104 valence electrons. The summed E-state index contributed by atoms with van der Waals surface area (Å²) in [5.41, 5.74) is -0.225. The van der Waals surface area contributed by atoms with Gasteiger partial charge in [-0.2, -0.15) is 0 Å². The molecule has 0 unspecified atom stereocenters. The minimum Gasteiger partial charge on any atom is -0.466 e. The van der Waals surface area contributed by atoms with E-state index in [1.165, 1.54) is 6.42 Å². The van der Waals surface area contributed by atoms with Crippen LogP contribution >= 0.6 is 0 Å². The van der Waals surface area contributed by atoms with Crippen molar-refractivity contribution in [3.63, 3.8) is 0 Å². The Morgan fingerprint density at radius 2 is 1.33 bits per heavy atom. The van der Waals surface area contributed by atoms with Gasteiger partial charge in [-0.3, -0.25) is 9.59 Å². The van der Waals surface area contributed by atoms with Gasteiger partial charge in [0, 0.05) is 0 Å². The topological polar surface area (TPSA) is 52.6 Å². The Balaban J connectivity index is 2.62. The van der Waals surface area contributed by atoms with E-state index in [1.807, 2.05) is 0 Å². The fraction of sp³-hybridized carbons (Fsp3) is 0.857. The summed E-state index contributed by atoms with van der Waals surface area (Å²) in [6.07, 6.45) is 5.89. The van der Waals surface area contributed by atoms with Gasteiger partial charge in [-0.15, -0.1) is 0 Å². The number of esters is 2. The highest BCUT2D eigenvalue weighted by Crippen LogP contribution is 2.42. The average Bonchev–Trinajstić information content (AvgIpc) is 2.30. The largest absolute Gasteiger partial charge is 0.466 e. The van der Waals surface area contributed by atoms with Crippen molar-refractivity contribution >= 4 is 11.9 Å². The van der Waals surface area contributed by atoms with Gasteiger partial charge in [0.25, 0.3) is 0 Å². The average molecular weight is 256 g/mol. The smallest absolute Gasteiger partial charge is 0.306 e. The Labute approximate surface area is 109 Å². The molecule has 0 heterocycles. The third kappa shape index (κ3) is 4.67. The van der Waals surface area contributed by atoms with Crippen molar-refractivity contribution in [2.45, 2.75) is 58.8 Å². The summed E-state index contributed by atoms with van der Waals surface area (Å²) in [6, 6.07) is 0. The molecular formula is C14H24O4. The molecule has 4 heteroatoms. The van der Waals surface area contributed by atoms with Crippen LogP contribution in [0.1, 0.15) is 58.8 Å². The van der Waals surface area contributed by atoms with Crippen molar-refractivity contribution in [2.24, 2.45) is 5.41 Å². The summed E-state index contributed by atoms with van der Waals surface area (Å²) in [5.74, 6) is -0.382. The predicted molar refractivity (Wildman–Crippen MR) is 68.0 cm³/mol. The minimum atomic E-state index is -0.225. The van der Waals surface area contributed by atoms with Gasteiger partial charge >= 0.3 is 11.9 Å². The molecule has 0 aromatic heterocycles. The van der Waals surface area contributed by atoms with Gasteiger partial charge in [0.1, 0.15) is 0 Å². The van der Waals surface area contributed by atoms with Gasteiger partial charge < -0.3 is 9.47 Å². The lowest BCUT2D eigenvalue weighted by Crippen LogP contribution is -2.31. The van der Waals surface area contributed by atoms with Gasteiger partial charge in [-0.1, -0.05) is 19.3 Å². The zero-order valence-corrected chi connectivity index (χ0v) is 11.5. The first-order valence-corrected chi connectivity index (χ1v) is 6.93. The van der Waals surface area contributed by atoms with Crippen LogP contribution < -0.4 is 0 Å². The number of hydrogen-bond acceptors (Lipinski definition) is 4. The second-order valence-corrected chi connectivity index (χ2v) is 5.02. The minimum absolute atomic E-state index is 0.191. The number of carbonyl (C=O) groups excluding carboxylic acids is 2. The summed E-state index contributed by atoms with van der Waals surface area (Å²) in [4.78, 5) is 23.4. The van der Waals surface area contributed by atoms with E-state index < -0.39 is 0 Å². The predicted octanol–water partition coefficient (Wildman–Crippen LogP) is 2.84. The molecule has 0 atom stereocenters. The third-order valence-electron chi connectivity index (χ3n) is 3.56. The van der Waals surface area contributed by atoms with Gasteiger partial charge in [-0.25, -0.2) is 0 Å². The molecule has 0 saturated heterocycles. The van der Waals surface area contributed by atoms with Crippen molar-refractivity contribution in [3.05, 3.63) is 0 Å². The van der Waals surface area contributed by atoms with Crippen LogP contribution in [0.2, 0.25) is 0 Å². The molecule has 1 saturated carbocycles. The molecule has 1 aliphatic rings. The van der Waals surface area contributed by atoms with Crippen molar-refractivity contribution in [2.75, 3.05) is 13.2 Å². The first-order chi connectivity index (χ1) is 8.62. The van der Waals surface area contributed by atoms with Crippen LogP contribution in [-0.2, 0) is 19.1 Å². The third-order valence-corrected chi connectivity index (χ3v) is 3.56. The summed E-state index contributed by atoms with van der Waals surface area (Å²) in [6.45, 7) is 4.40. The molecule has 0 bridgehead atoms. The van der Waals surface area contributed by atoms with E-state index in [0.29, 0.717) is 26.1 Å². The van der Waals surface area contributed by atoms with E-state index in [9.17, 15) is 9.59 Å². The summed E-state index contributed by atoms with van der Waals surface area (Å²) in [5, 5.41) is 0. The van der Waals surface area contributed by atoms with E-state index in [0.717, 1.165) is 25.7 Å². The molecule has 1 aliphatic carbocycles. The molecule has 0 aromatic rings. The standard InChI is InChI=1S/C14H24O4/c1-3-17-12(15)10-14(8-6-5-7-9-14)11-13(16)18-4-2/h3-11H2,1-2H3. The molecule has 1 rings (SSSR count). The van der Waals surface area contributed by atoms with E-state index in [4.69, 9.17) is 9.47 Å². The van der Waals surface area contributed by atoms with Crippen molar-refractivity contribution in [1.29, 1.82) is 0 Å². The fourth-order valence-corrected chi connectivity index (χ4v) is 2.75. The molecule has 0 radical (unpaired) electrons. The highest BCUT2D eigenvalue weighted by atomic mass is 16.5. The number of ether oxygens (including phenoxy) is 2. The summed E-state index contributed by atoms with van der Waals surface area (Å²) < 4.78 is 10.0. The maximum Gasteiger partial charge on any atom is 0.306 e. The van der Waals surface area contributed by atoms with Crippen molar-refractivity contribution < 1.29 is 19.1 Å². The Bertz CT molecular complexity index is 258. The lowest BCUT2D eigenvalue weighted by atomic mass is 9.69. The fourth-order valence-electron chi connectivity index (χ4n) is 2.75. The van der Waals surface area contributed by atoms with Crippen LogP contribution in [0.4, 0.5) is 0 Å². The zero-order valence-electron chi connectivity index (χ0n) is 11.5. The molecule has 0 aliphatic heterocycles. The van der Waals surface area contributed by atoms with Crippen molar-refractivity contribution in [3.8, 4) is 0 Å². The molecule has 0 amide bonds. The quantitative estimate of drug-likeness (QED) is 0.686. The Kier molecular flexibility index (Phi) is 6.16. The summed E-state index contributed by atoms with van der Waals surface area (Å²) >= 11 is 0. The Morgan fingerprint density at radius 1 is 0.889 bits per heavy atom. The van der Waals surface area contributed by atoms with Crippen LogP contribution in [0.25, 0.3) is 0 Å². The monoisotopic (exact) mass is 256 g/mol. The normalized spacial score (nSPS) is 18.1. The molecule has 0 N–H and O–H groups in total. The SMILES string of the molecule is CCOC(=O)CC1(CC(=O)OCC)CCCCC1. The number of rotatable bonds is 6. The molecule has 1 fully saturated rings. The van der Waals surface area contributed by atoms with Crippen molar-refractivity contribution in [1.82, 2.24) is 0 Å².